The van der Waals surface area contributed by atoms with Crippen LogP contribution in [-0.4, -0.2) is 20.2 Å². The van der Waals surface area contributed by atoms with Gasteiger partial charge in [-0.05, 0) is 24.3 Å². The van der Waals surface area contributed by atoms with Gasteiger partial charge in [0.1, 0.15) is 12.4 Å². The van der Waals surface area contributed by atoms with Gasteiger partial charge in [-0.3, -0.25) is 13.9 Å². The summed E-state index contributed by atoms with van der Waals surface area (Å²) in [5.74, 6) is -0.566. The van der Waals surface area contributed by atoms with Gasteiger partial charge in [-0.2, -0.15) is 0 Å². The van der Waals surface area contributed by atoms with Crippen LogP contribution in [0.1, 0.15) is 16.1 Å². The van der Waals surface area contributed by atoms with E-state index in [-0.39, 0.29) is 12.2 Å². The highest BCUT2D eigenvalue weighted by atomic mass is 16.5. The molecule has 2 aromatic rings. The van der Waals surface area contributed by atoms with Crippen molar-refractivity contribution in [2.75, 3.05) is 0 Å². The fraction of sp³-hybridized carbons (Fsp3) is 0.214. The second-order valence-corrected chi connectivity index (χ2v) is 4.49. The molecule has 1 N–H and O–H groups in total. The van der Waals surface area contributed by atoms with Crippen molar-refractivity contribution in [2.24, 2.45) is 14.1 Å². The number of carbonyl (C=O) groups is 1. The number of hydrogen-bond acceptors (Lipinski definition) is 4. The van der Waals surface area contributed by atoms with E-state index in [2.05, 4.69) is 0 Å². The van der Waals surface area contributed by atoms with Gasteiger partial charge in [0.2, 0.25) is 0 Å². The van der Waals surface area contributed by atoms with Crippen LogP contribution in [-0.2, 0) is 20.7 Å². The fourth-order valence-corrected chi connectivity index (χ4v) is 1.77. The topological polar surface area (TPSA) is 90.5 Å². The summed E-state index contributed by atoms with van der Waals surface area (Å²) >= 11 is 0. The molecule has 1 aromatic heterocycles. The van der Waals surface area contributed by atoms with E-state index in [0.29, 0.717) is 11.4 Å². The van der Waals surface area contributed by atoms with Gasteiger partial charge in [0.25, 0.3) is 5.56 Å². The van der Waals surface area contributed by atoms with Crippen molar-refractivity contribution in [3.05, 3.63) is 62.4 Å². The van der Waals surface area contributed by atoms with Gasteiger partial charge in [-0.25, -0.2) is 9.59 Å². The van der Waals surface area contributed by atoms with Gasteiger partial charge >= 0.3 is 11.7 Å². The first-order valence-electron chi connectivity index (χ1n) is 6.12. The molecule has 7 heteroatoms. The molecule has 0 aliphatic carbocycles. The number of aromatic carboxylic acids is 1. The van der Waals surface area contributed by atoms with Crippen LogP contribution in [0, 0.1) is 0 Å². The zero-order chi connectivity index (χ0) is 15.6. The average Bonchev–Trinajstić information content (AvgIpc) is 2.48. The molecule has 0 unspecified atom stereocenters. The second kappa shape index (κ2) is 5.66. The third kappa shape index (κ3) is 3.02. The molecule has 0 saturated heterocycles. The lowest BCUT2D eigenvalue weighted by molar-refractivity contribution is 0.0697. The number of nitrogens with zero attached hydrogens (tertiary/aromatic N) is 2. The van der Waals surface area contributed by atoms with E-state index >= 15 is 0 Å². The molecular weight excluding hydrogens is 276 g/mol. The Labute approximate surface area is 119 Å². The van der Waals surface area contributed by atoms with E-state index in [0.717, 1.165) is 4.57 Å². The number of benzene rings is 1. The predicted molar refractivity (Wildman–Crippen MR) is 74.7 cm³/mol. The van der Waals surface area contributed by atoms with E-state index in [9.17, 15) is 14.4 Å². The first-order chi connectivity index (χ1) is 9.90. The van der Waals surface area contributed by atoms with Crippen molar-refractivity contribution in [1.82, 2.24) is 9.13 Å². The largest absolute Gasteiger partial charge is 0.487 e. The molecule has 0 aliphatic rings. The van der Waals surface area contributed by atoms with E-state index in [1.54, 1.807) is 7.05 Å². The molecule has 0 bridgehead atoms. The number of carboxylic acid groups (broad SMARTS) is 1. The molecule has 1 aromatic carbocycles. The summed E-state index contributed by atoms with van der Waals surface area (Å²) in [5.41, 5.74) is -0.242. The highest BCUT2D eigenvalue weighted by molar-refractivity contribution is 5.87. The Morgan fingerprint density at radius 1 is 1.14 bits per heavy atom. The van der Waals surface area contributed by atoms with Crippen LogP contribution >= 0.6 is 0 Å². The summed E-state index contributed by atoms with van der Waals surface area (Å²) < 4.78 is 7.79. The van der Waals surface area contributed by atoms with Crippen molar-refractivity contribution < 1.29 is 14.6 Å². The normalized spacial score (nSPS) is 10.4. The van der Waals surface area contributed by atoms with Crippen molar-refractivity contribution in [3.63, 3.8) is 0 Å². The van der Waals surface area contributed by atoms with Crippen LogP contribution in [0.4, 0.5) is 0 Å². The van der Waals surface area contributed by atoms with Crippen LogP contribution in [0.25, 0.3) is 0 Å². The summed E-state index contributed by atoms with van der Waals surface area (Å²) in [6.07, 6.45) is 0. The molecule has 0 radical (unpaired) electrons. The number of hydrogen-bond donors (Lipinski definition) is 1. The van der Waals surface area contributed by atoms with Gasteiger partial charge in [-0.15, -0.1) is 0 Å². The van der Waals surface area contributed by atoms with Crippen LogP contribution < -0.4 is 16.0 Å². The Bertz CT molecular complexity index is 786. The van der Waals surface area contributed by atoms with Gasteiger partial charge in [0.05, 0.1) is 11.3 Å². The summed E-state index contributed by atoms with van der Waals surface area (Å²) in [7, 11) is 2.95. The minimum atomic E-state index is -1.02. The quantitative estimate of drug-likeness (QED) is 0.878. The molecule has 0 spiro atoms. The van der Waals surface area contributed by atoms with Gasteiger partial charge in [-0.1, -0.05) is 0 Å². The molecule has 21 heavy (non-hydrogen) atoms. The lowest BCUT2D eigenvalue weighted by atomic mass is 10.2. The SMILES string of the molecule is Cn1c(COc2ccc(C(=O)O)cc2)cc(=O)n(C)c1=O. The van der Waals surface area contributed by atoms with E-state index in [4.69, 9.17) is 9.84 Å². The Morgan fingerprint density at radius 3 is 2.33 bits per heavy atom. The maximum absolute atomic E-state index is 11.7. The number of rotatable bonds is 4. The van der Waals surface area contributed by atoms with Crippen LogP contribution in [0.2, 0.25) is 0 Å². The lowest BCUT2D eigenvalue weighted by Gasteiger charge is -2.11. The third-order valence-corrected chi connectivity index (χ3v) is 3.11. The zero-order valence-electron chi connectivity index (χ0n) is 11.6. The first-order valence-corrected chi connectivity index (χ1v) is 6.12. The Morgan fingerprint density at radius 2 is 1.76 bits per heavy atom. The van der Waals surface area contributed by atoms with E-state index in [1.807, 2.05) is 0 Å². The molecule has 0 atom stereocenters. The molecule has 0 fully saturated rings. The molecule has 7 nitrogen and oxygen atoms in total. The third-order valence-electron chi connectivity index (χ3n) is 3.11. The Kier molecular flexibility index (Phi) is 3.93. The van der Waals surface area contributed by atoms with Crippen molar-refractivity contribution in [1.29, 1.82) is 0 Å². The number of ether oxygens (including phenoxy) is 1. The van der Waals surface area contributed by atoms with E-state index < -0.39 is 17.2 Å². The Hall–Kier alpha value is -2.83. The predicted octanol–water partition coefficient (Wildman–Crippen LogP) is 0.361. The van der Waals surface area contributed by atoms with Crippen LogP contribution in [0.3, 0.4) is 0 Å². The minimum Gasteiger partial charge on any atom is -0.487 e. The van der Waals surface area contributed by atoms with Crippen LogP contribution in [0.5, 0.6) is 5.75 Å². The lowest BCUT2D eigenvalue weighted by Crippen LogP contribution is -2.38. The van der Waals surface area contributed by atoms with Gasteiger partial charge in [0.15, 0.2) is 0 Å². The summed E-state index contributed by atoms with van der Waals surface area (Å²) in [5, 5.41) is 8.79. The van der Waals surface area contributed by atoms with Crippen molar-refractivity contribution in [3.8, 4) is 5.75 Å². The maximum atomic E-state index is 11.7. The fourth-order valence-electron chi connectivity index (χ4n) is 1.77. The molecule has 0 amide bonds. The summed E-state index contributed by atoms with van der Waals surface area (Å²) in [6, 6.07) is 7.19. The van der Waals surface area contributed by atoms with Gasteiger partial charge < -0.3 is 9.84 Å². The van der Waals surface area contributed by atoms with Crippen molar-refractivity contribution >= 4 is 5.97 Å². The zero-order valence-corrected chi connectivity index (χ0v) is 11.6. The number of aromatic nitrogens is 2. The standard InChI is InChI=1S/C14H14N2O5/c1-15-10(7-12(17)16(2)14(15)20)8-21-11-5-3-9(4-6-11)13(18)19/h3-7H,8H2,1-2H3,(H,18,19). The molecule has 110 valence electrons. The molecule has 1 heterocycles. The second-order valence-electron chi connectivity index (χ2n) is 4.49. The molecular formula is C14H14N2O5. The molecule has 0 saturated carbocycles. The highest BCUT2D eigenvalue weighted by Crippen LogP contribution is 2.13. The van der Waals surface area contributed by atoms with E-state index in [1.165, 1.54) is 41.9 Å². The molecule has 0 aliphatic heterocycles. The Balaban J connectivity index is 2.19. The smallest absolute Gasteiger partial charge is 0.335 e. The first kappa shape index (κ1) is 14.6. The van der Waals surface area contributed by atoms with Crippen LogP contribution in [0.15, 0.2) is 39.9 Å². The van der Waals surface area contributed by atoms with Crippen molar-refractivity contribution in [2.45, 2.75) is 6.61 Å². The summed E-state index contributed by atoms with van der Waals surface area (Å²) in [6.45, 7) is 0.0360. The average molecular weight is 290 g/mol. The minimum absolute atomic E-state index is 0.0360. The summed E-state index contributed by atoms with van der Waals surface area (Å²) in [4.78, 5) is 34.0. The monoisotopic (exact) mass is 290 g/mol. The maximum Gasteiger partial charge on any atom is 0.335 e. The molecule has 2 rings (SSSR count). The number of carboxylic acids is 1. The highest BCUT2D eigenvalue weighted by Gasteiger charge is 2.07. The van der Waals surface area contributed by atoms with Gasteiger partial charge in [0, 0.05) is 20.2 Å².